The average Bonchev–Trinajstić information content (AvgIpc) is 2.69. The third-order valence-corrected chi connectivity index (χ3v) is 3.54. The molecule has 0 unspecified atom stereocenters. The lowest BCUT2D eigenvalue weighted by atomic mass is 10.1. The van der Waals surface area contributed by atoms with Gasteiger partial charge in [0, 0.05) is 11.3 Å². The van der Waals surface area contributed by atoms with Crippen LogP contribution in [-0.4, -0.2) is 11.3 Å². The maximum Gasteiger partial charge on any atom is 0.157 e. The second-order valence-electron chi connectivity index (χ2n) is 3.46. The maximum atomic E-state index is 11.5. The molecule has 2 N–H and O–H groups in total. The molecular formula is C9H10ClNOS. The highest BCUT2D eigenvalue weighted by atomic mass is 35.5. The predicted molar refractivity (Wildman–Crippen MR) is 54.2 cm³/mol. The minimum atomic E-state index is -0.504. The van der Waals surface area contributed by atoms with E-state index >= 15 is 0 Å². The van der Waals surface area contributed by atoms with Crippen LogP contribution in [0.15, 0.2) is 12.1 Å². The van der Waals surface area contributed by atoms with Crippen molar-refractivity contribution in [3.63, 3.8) is 0 Å². The van der Waals surface area contributed by atoms with Gasteiger partial charge in [-0.15, -0.1) is 11.3 Å². The van der Waals surface area contributed by atoms with E-state index in [1.54, 1.807) is 0 Å². The zero-order valence-corrected chi connectivity index (χ0v) is 8.62. The first kappa shape index (κ1) is 9.19. The van der Waals surface area contributed by atoms with Crippen molar-refractivity contribution in [2.24, 2.45) is 5.73 Å². The number of halogens is 1. The minimum Gasteiger partial charge on any atom is -0.319 e. The smallest absolute Gasteiger partial charge is 0.157 e. The summed E-state index contributed by atoms with van der Waals surface area (Å²) in [7, 11) is 0. The number of carbonyl (C=O) groups excluding carboxylic acids is 1. The average molecular weight is 216 g/mol. The molecular weight excluding hydrogens is 206 g/mol. The largest absolute Gasteiger partial charge is 0.319 e. The van der Waals surface area contributed by atoms with E-state index in [4.69, 9.17) is 17.3 Å². The zero-order chi connectivity index (χ0) is 9.47. The number of hydrogen-bond acceptors (Lipinski definition) is 3. The number of rotatable bonds is 3. The van der Waals surface area contributed by atoms with Crippen molar-refractivity contribution in [2.75, 3.05) is 0 Å². The standard InChI is InChI=1S/C9H10ClNOS/c10-8-2-1-6(13-8)5-7(12)9(11)3-4-9/h1-2H,3-5,11H2. The van der Waals surface area contributed by atoms with E-state index in [0.29, 0.717) is 6.42 Å². The first-order valence-corrected chi connectivity index (χ1v) is 5.36. The van der Waals surface area contributed by atoms with Crippen LogP contribution in [-0.2, 0) is 11.2 Å². The van der Waals surface area contributed by atoms with Crippen LogP contribution in [0.25, 0.3) is 0 Å². The fourth-order valence-electron chi connectivity index (χ4n) is 1.19. The number of carbonyl (C=O) groups is 1. The van der Waals surface area contributed by atoms with Gasteiger partial charge in [-0.05, 0) is 25.0 Å². The highest BCUT2D eigenvalue weighted by molar-refractivity contribution is 7.16. The predicted octanol–water partition coefficient (Wildman–Crippen LogP) is 2.00. The zero-order valence-electron chi connectivity index (χ0n) is 7.05. The lowest BCUT2D eigenvalue weighted by molar-refractivity contribution is -0.120. The van der Waals surface area contributed by atoms with Gasteiger partial charge in [-0.2, -0.15) is 0 Å². The third-order valence-electron chi connectivity index (χ3n) is 2.31. The summed E-state index contributed by atoms with van der Waals surface area (Å²) >= 11 is 7.20. The summed E-state index contributed by atoms with van der Waals surface area (Å²) in [6.45, 7) is 0. The lowest BCUT2D eigenvalue weighted by Crippen LogP contribution is -2.33. The summed E-state index contributed by atoms with van der Waals surface area (Å²) in [5.41, 5.74) is 5.26. The number of Topliss-reactive ketones (excluding diaryl/α,β-unsaturated/α-hetero) is 1. The Balaban J connectivity index is 2.02. The molecule has 1 fully saturated rings. The number of ketones is 1. The van der Waals surface area contributed by atoms with E-state index in [0.717, 1.165) is 22.1 Å². The van der Waals surface area contributed by atoms with Gasteiger partial charge in [-0.25, -0.2) is 0 Å². The molecule has 1 aromatic rings. The highest BCUT2D eigenvalue weighted by Crippen LogP contribution is 2.35. The van der Waals surface area contributed by atoms with Gasteiger partial charge in [-0.3, -0.25) is 4.79 Å². The van der Waals surface area contributed by atoms with Gasteiger partial charge in [-0.1, -0.05) is 11.6 Å². The van der Waals surface area contributed by atoms with Crippen molar-refractivity contribution in [2.45, 2.75) is 24.8 Å². The molecule has 2 nitrogen and oxygen atoms in total. The van der Waals surface area contributed by atoms with Crippen molar-refractivity contribution in [3.05, 3.63) is 21.3 Å². The van der Waals surface area contributed by atoms with Crippen LogP contribution < -0.4 is 5.73 Å². The van der Waals surface area contributed by atoms with Crippen LogP contribution in [0, 0.1) is 0 Å². The van der Waals surface area contributed by atoms with Crippen LogP contribution in [0.1, 0.15) is 17.7 Å². The van der Waals surface area contributed by atoms with Crippen molar-refractivity contribution in [1.29, 1.82) is 0 Å². The van der Waals surface area contributed by atoms with Gasteiger partial charge in [0.15, 0.2) is 5.78 Å². The number of thiophene rings is 1. The van der Waals surface area contributed by atoms with Crippen molar-refractivity contribution in [1.82, 2.24) is 0 Å². The summed E-state index contributed by atoms with van der Waals surface area (Å²) < 4.78 is 0.727. The van der Waals surface area contributed by atoms with Gasteiger partial charge in [0.05, 0.1) is 9.88 Å². The van der Waals surface area contributed by atoms with Crippen molar-refractivity contribution in [3.8, 4) is 0 Å². The van der Waals surface area contributed by atoms with E-state index in [9.17, 15) is 4.79 Å². The molecule has 2 rings (SSSR count). The van der Waals surface area contributed by atoms with Crippen LogP contribution in [0.2, 0.25) is 4.34 Å². The van der Waals surface area contributed by atoms with E-state index in [-0.39, 0.29) is 5.78 Å². The van der Waals surface area contributed by atoms with Crippen molar-refractivity contribution >= 4 is 28.7 Å². The van der Waals surface area contributed by atoms with Crippen LogP contribution in [0.5, 0.6) is 0 Å². The summed E-state index contributed by atoms with van der Waals surface area (Å²) in [5, 5.41) is 0. The molecule has 1 saturated carbocycles. The Kier molecular flexibility index (Phi) is 2.18. The summed E-state index contributed by atoms with van der Waals surface area (Å²) in [6.07, 6.45) is 2.11. The maximum absolute atomic E-state index is 11.5. The molecule has 1 aliphatic rings. The van der Waals surface area contributed by atoms with Crippen LogP contribution >= 0.6 is 22.9 Å². The summed E-state index contributed by atoms with van der Waals surface area (Å²) in [5.74, 6) is 0.144. The fraction of sp³-hybridized carbons (Fsp3) is 0.444. The Morgan fingerprint density at radius 2 is 2.31 bits per heavy atom. The Bertz CT molecular complexity index is 343. The molecule has 0 radical (unpaired) electrons. The van der Waals surface area contributed by atoms with Gasteiger partial charge in [0.25, 0.3) is 0 Å². The SMILES string of the molecule is NC1(C(=O)Cc2ccc(Cl)s2)CC1. The molecule has 13 heavy (non-hydrogen) atoms. The van der Waals surface area contributed by atoms with Gasteiger partial charge >= 0.3 is 0 Å². The quantitative estimate of drug-likeness (QED) is 0.838. The Morgan fingerprint density at radius 1 is 1.62 bits per heavy atom. The molecule has 0 aromatic carbocycles. The first-order chi connectivity index (χ1) is 6.10. The fourth-order valence-corrected chi connectivity index (χ4v) is 2.28. The number of hydrogen-bond donors (Lipinski definition) is 1. The molecule has 1 aliphatic carbocycles. The summed E-state index contributed by atoms with van der Waals surface area (Å²) in [4.78, 5) is 12.6. The summed E-state index contributed by atoms with van der Waals surface area (Å²) in [6, 6.07) is 3.70. The molecule has 0 atom stereocenters. The number of nitrogens with two attached hydrogens (primary N) is 1. The minimum absolute atomic E-state index is 0.144. The Hall–Kier alpha value is -0.380. The van der Waals surface area contributed by atoms with E-state index in [1.165, 1.54) is 11.3 Å². The highest BCUT2D eigenvalue weighted by Gasteiger charge is 2.45. The molecule has 0 saturated heterocycles. The normalized spacial score (nSPS) is 18.6. The Morgan fingerprint density at radius 3 is 2.77 bits per heavy atom. The van der Waals surface area contributed by atoms with E-state index < -0.39 is 5.54 Å². The second kappa shape index (κ2) is 3.08. The molecule has 0 aliphatic heterocycles. The molecule has 1 aromatic heterocycles. The van der Waals surface area contributed by atoms with E-state index in [2.05, 4.69) is 0 Å². The molecule has 0 spiro atoms. The van der Waals surface area contributed by atoms with Crippen molar-refractivity contribution < 1.29 is 4.79 Å². The molecule has 0 bridgehead atoms. The topological polar surface area (TPSA) is 43.1 Å². The molecule has 4 heteroatoms. The lowest BCUT2D eigenvalue weighted by Gasteiger charge is -2.04. The van der Waals surface area contributed by atoms with Gasteiger partial charge < -0.3 is 5.73 Å². The van der Waals surface area contributed by atoms with Gasteiger partial charge in [0.1, 0.15) is 0 Å². The first-order valence-electron chi connectivity index (χ1n) is 4.16. The third kappa shape index (κ3) is 1.93. The Labute approximate surface area is 85.7 Å². The van der Waals surface area contributed by atoms with E-state index in [1.807, 2.05) is 12.1 Å². The van der Waals surface area contributed by atoms with Crippen LogP contribution in [0.4, 0.5) is 0 Å². The van der Waals surface area contributed by atoms with Gasteiger partial charge in [0.2, 0.25) is 0 Å². The second-order valence-corrected chi connectivity index (χ2v) is 5.26. The van der Waals surface area contributed by atoms with Crippen LogP contribution in [0.3, 0.4) is 0 Å². The monoisotopic (exact) mass is 215 g/mol. The molecule has 70 valence electrons. The molecule has 0 amide bonds. The molecule has 1 heterocycles.